The summed E-state index contributed by atoms with van der Waals surface area (Å²) in [7, 11) is 0. The van der Waals surface area contributed by atoms with Gasteiger partial charge in [0.25, 0.3) is 0 Å². The van der Waals surface area contributed by atoms with Crippen LogP contribution >= 0.6 is 0 Å². The number of Topliss-reactive ketones (excluding diaryl/α,β-unsaturated/α-hetero) is 1. The molecule has 0 amide bonds. The van der Waals surface area contributed by atoms with Crippen LogP contribution in [0.4, 0.5) is 0 Å². The number of fused-ring (bicyclic) bond motifs is 3. The molecule has 1 N–H and O–H groups in total. The van der Waals surface area contributed by atoms with E-state index in [9.17, 15) is 9.90 Å². The van der Waals surface area contributed by atoms with Crippen molar-refractivity contribution in [3.8, 4) is 0 Å². The zero-order chi connectivity index (χ0) is 12.6. The van der Waals surface area contributed by atoms with Crippen LogP contribution in [0.25, 0.3) is 0 Å². The van der Waals surface area contributed by atoms with E-state index >= 15 is 0 Å². The molecule has 0 aromatic carbocycles. The Hall–Kier alpha value is -0.630. The van der Waals surface area contributed by atoms with Crippen molar-refractivity contribution < 1.29 is 9.90 Å². The Kier molecular flexibility index (Phi) is 2.04. The van der Waals surface area contributed by atoms with Gasteiger partial charge in [0, 0.05) is 6.42 Å². The molecule has 0 bridgehead atoms. The van der Waals surface area contributed by atoms with Crippen LogP contribution in [0.5, 0.6) is 0 Å². The molecule has 0 aliphatic heterocycles. The monoisotopic (exact) mass is 234 g/mol. The van der Waals surface area contributed by atoms with Crippen molar-refractivity contribution >= 4 is 5.78 Å². The smallest absolute Gasteiger partial charge is 0.161 e. The quantitative estimate of drug-likeness (QED) is 0.699. The number of hydrogen-bond donors (Lipinski definition) is 1. The van der Waals surface area contributed by atoms with Gasteiger partial charge in [-0.25, -0.2) is 0 Å². The lowest BCUT2D eigenvalue weighted by Gasteiger charge is -2.32. The van der Waals surface area contributed by atoms with Gasteiger partial charge in [0.05, 0.1) is 5.60 Å². The molecular formula is C15H22O2. The highest BCUT2D eigenvalue weighted by Crippen LogP contribution is 2.69. The van der Waals surface area contributed by atoms with Gasteiger partial charge in [0.2, 0.25) is 0 Å². The first-order chi connectivity index (χ1) is 7.80. The molecule has 0 aromatic heterocycles. The van der Waals surface area contributed by atoms with Crippen LogP contribution < -0.4 is 0 Å². The minimum absolute atomic E-state index is 0.165. The summed E-state index contributed by atoms with van der Waals surface area (Å²) >= 11 is 0. The topological polar surface area (TPSA) is 37.3 Å². The second-order valence-corrected chi connectivity index (χ2v) is 6.95. The highest BCUT2D eigenvalue weighted by Gasteiger charge is 2.66. The number of carbonyl (C=O) groups excluding carboxylic acids is 1. The zero-order valence-corrected chi connectivity index (χ0v) is 11.2. The van der Waals surface area contributed by atoms with Gasteiger partial charge in [-0.05, 0) is 54.1 Å². The lowest BCUT2D eigenvalue weighted by atomic mass is 9.78. The first-order valence-electron chi connectivity index (χ1n) is 6.77. The van der Waals surface area contributed by atoms with E-state index in [-0.39, 0.29) is 17.1 Å². The van der Waals surface area contributed by atoms with Gasteiger partial charge in [-0.3, -0.25) is 4.79 Å². The van der Waals surface area contributed by atoms with E-state index in [0.29, 0.717) is 18.3 Å². The molecule has 2 heteroatoms. The Morgan fingerprint density at radius 3 is 2.59 bits per heavy atom. The molecule has 0 heterocycles. The van der Waals surface area contributed by atoms with Crippen molar-refractivity contribution in [2.75, 3.05) is 0 Å². The highest BCUT2D eigenvalue weighted by atomic mass is 16.3. The summed E-state index contributed by atoms with van der Waals surface area (Å²) in [5, 5.41) is 11.0. The molecule has 4 atom stereocenters. The summed E-state index contributed by atoms with van der Waals surface area (Å²) in [5.74, 6) is 1.51. The van der Waals surface area contributed by atoms with Gasteiger partial charge in [0.15, 0.2) is 5.78 Å². The van der Waals surface area contributed by atoms with Gasteiger partial charge in [0.1, 0.15) is 0 Å². The van der Waals surface area contributed by atoms with Crippen LogP contribution in [-0.4, -0.2) is 16.5 Å². The Bertz CT molecular complexity index is 432. The van der Waals surface area contributed by atoms with Gasteiger partial charge in [-0.1, -0.05) is 20.8 Å². The summed E-state index contributed by atoms with van der Waals surface area (Å²) < 4.78 is 0. The second kappa shape index (κ2) is 3.03. The molecule has 2 saturated carbocycles. The summed E-state index contributed by atoms with van der Waals surface area (Å²) in [6, 6.07) is 0. The van der Waals surface area contributed by atoms with E-state index in [1.807, 2.05) is 6.92 Å². The van der Waals surface area contributed by atoms with Crippen LogP contribution in [0.15, 0.2) is 11.1 Å². The van der Waals surface area contributed by atoms with Crippen molar-refractivity contribution in [2.24, 2.45) is 23.2 Å². The fourth-order valence-corrected chi connectivity index (χ4v) is 4.41. The van der Waals surface area contributed by atoms with E-state index in [2.05, 4.69) is 20.8 Å². The summed E-state index contributed by atoms with van der Waals surface area (Å²) in [5.41, 5.74) is 1.42. The molecule has 0 saturated heterocycles. The van der Waals surface area contributed by atoms with Gasteiger partial charge in [-0.2, -0.15) is 0 Å². The fraction of sp³-hybridized carbons (Fsp3) is 0.800. The predicted octanol–water partition coefficient (Wildman–Crippen LogP) is 2.71. The molecule has 2 nitrogen and oxygen atoms in total. The Morgan fingerprint density at radius 1 is 1.29 bits per heavy atom. The van der Waals surface area contributed by atoms with E-state index in [0.717, 1.165) is 17.6 Å². The van der Waals surface area contributed by atoms with E-state index in [1.54, 1.807) is 0 Å². The number of allylic oxidation sites excluding steroid dienone is 1. The average Bonchev–Trinajstić information content (AvgIpc) is 2.71. The predicted molar refractivity (Wildman–Crippen MR) is 66.4 cm³/mol. The molecule has 0 radical (unpaired) electrons. The molecule has 0 unspecified atom stereocenters. The Balaban J connectivity index is 2.13. The summed E-state index contributed by atoms with van der Waals surface area (Å²) in [6.07, 6.45) is 2.58. The lowest BCUT2D eigenvalue weighted by Crippen LogP contribution is -2.37. The third-order valence-corrected chi connectivity index (χ3v) is 5.81. The van der Waals surface area contributed by atoms with Crippen molar-refractivity contribution in [3.63, 3.8) is 0 Å². The Labute approximate surface area is 103 Å². The molecule has 3 aliphatic rings. The highest BCUT2D eigenvalue weighted by molar-refractivity contribution is 6.00. The minimum atomic E-state index is -0.825. The molecule has 0 spiro atoms. The van der Waals surface area contributed by atoms with E-state index < -0.39 is 5.60 Å². The number of carbonyl (C=O) groups is 1. The maximum atomic E-state index is 12.0. The average molecular weight is 234 g/mol. The molecule has 0 aromatic rings. The molecule has 3 rings (SSSR count). The first-order valence-corrected chi connectivity index (χ1v) is 6.77. The number of hydrogen-bond acceptors (Lipinski definition) is 2. The van der Waals surface area contributed by atoms with Gasteiger partial charge in [-0.15, -0.1) is 0 Å². The summed E-state index contributed by atoms with van der Waals surface area (Å²) in [4.78, 5) is 12.0. The third-order valence-electron chi connectivity index (χ3n) is 5.81. The standard InChI is InChI=1S/C15H22O2/c1-8-5-6-10-13(14(10,3)4)12-9(2)11(16)7-15(8,12)17/h8,10,13,17H,5-7H2,1-4H3/t8-,10-,13-,15+/m0/s1. The largest absolute Gasteiger partial charge is 0.385 e. The Morgan fingerprint density at radius 2 is 1.94 bits per heavy atom. The second-order valence-electron chi connectivity index (χ2n) is 6.95. The molecule has 3 aliphatic carbocycles. The molecular weight excluding hydrogens is 212 g/mol. The minimum Gasteiger partial charge on any atom is -0.385 e. The third kappa shape index (κ3) is 1.22. The fourth-order valence-electron chi connectivity index (χ4n) is 4.41. The SMILES string of the molecule is CC1=C2[C@@H]3[C@H](CC[C@H](C)[C@]2(O)CC1=O)C3(C)C. The van der Waals surface area contributed by atoms with Crippen LogP contribution in [-0.2, 0) is 4.79 Å². The van der Waals surface area contributed by atoms with Gasteiger partial charge >= 0.3 is 0 Å². The molecule has 2 fully saturated rings. The van der Waals surface area contributed by atoms with Crippen molar-refractivity contribution in [2.45, 2.75) is 52.6 Å². The number of aliphatic hydroxyl groups is 1. The van der Waals surface area contributed by atoms with Crippen LogP contribution in [0, 0.1) is 23.2 Å². The lowest BCUT2D eigenvalue weighted by molar-refractivity contribution is -0.118. The number of ketones is 1. The molecule has 17 heavy (non-hydrogen) atoms. The normalized spacial score (nSPS) is 47.6. The zero-order valence-electron chi connectivity index (χ0n) is 11.2. The van der Waals surface area contributed by atoms with Crippen molar-refractivity contribution in [1.82, 2.24) is 0 Å². The first kappa shape index (κ1) is 11.5. The van der Waals surface area contributed by atoms with E-state index in [4.69, 9.17) is 0 Å². The van der Waals surface area contributed by atoms with Crippen LogP contribution in [0.2, 0.25) is 0 Å². The maximum absolute atomic E-state index is 12.0. The molecule has 94 valence electrons. The number of rotatable bonds is 0. The summed E-state index contributed by atoms with van der Waals surface area (Å²) in [6.45, 7) is 8.58. The maximum Gasteiger partial charge on any atom is 0.161 e. The van der Waals surface area contributed by atoms with Crippen molar-refractivity contribution in [3.05, 3.63) is 11.1 Å². The van der Waals surface area contributed by atoms with Crippen LogP contribution in [0.3, 0.4) is 0 Å². The van der Waals surface area contributed by atoms with Crippen LogP contribution in [0.1, 0.15) is 47.0 Å². The van der Waals surface area contributed by atoms with Crippen molar-refractivity contribution in [1.29, 1.82) is 0 Å². The van der Waals surface area contributed by atoms with Gasteiger partial charge < -0.3 is 5.11 Å². The van der Waals surface area contributed by atoms with E-state index in [1.165, 1.54) is 6.42 Å².